The molecule has 240 valence electrons. The van der Waals surface area contributed by atoms with Crippen LogP contribution in [0.2, 0.25) is 0 Å². The normalized spacial score (nSPS) is 39.6. The molecule has 11 heteroatoms. The predicted octanol–water partition coefficient (Wildman–Crippen LogP) is 4.39. The quantitative estimate of drug-likeness (QED) is 0.348. The van der Waals surface area contributed by atoms with E-state index in [-0.39, 0.29) is 51.8 Å². The highest BCUT2D eigenvalue weighted by atomic mass is 32.2. The summed E-state index contributed by atoms with van der Waals surface area (Å²) in [6.07, 6.45) is 0.878. The van der Waals surface area contributed by atoms with Crippen LogP contribution in [0, 0.1) is 40.8 Å². The Kier molecular flexibility index (Phi) is 7.68. The number of para-hydroxylation sites is 1. The molecule has 4 fully saturated rings. The molecule has 4 aliphatic rings. The number of esters is 1. The van der Waals surface area contributed by atoms with Crippen LogP contribution in [0.25, 0.3) is 0 Å². The van der Waals surface area contributed by atoms with Crippen molar-refractivity contribution in [3.63, 3.8) is 0 Å². The molecule has 11 atom stereocenters. The van der Waals surface area contributed by atoms with Crippen LogP contribution < -0.4 is 4.72 Å². The SMILES string of the molecule is CC[C@@H]1C2CC([C@H](C)OC(=O)c3ccccc3NS(=O)(=O)c3ccc(F)cc3)C1(C)C1CC3[C@@H](OC)C[C@]2(O)[C@]1(O)[C@H]3OC. The van der Waals surface area contributed by atoms with E-state index in [0.717, 1.165) is 30.7 Å². The van der Waals surface area contributed by atoms with Crippen molar-refractivity contribution < 1.29 is 42.0 Å². The lowest BCUT2D eigenvalue weighted by Crippen LogP contribution is -2.75. The van der Waals surface area contributed by atoms with Gasteiger partial charge in [0, 0.05) is 32.5 Å². The number of hydrogen-bond donors (Lipinski definition) is 3. The molecule has 4 saturated carbocycles. The highest BCUT2D eigenvalue weighted by Crippen LogP contribution is 2.75. The molecular formula is C33H42FNO8S. The number of halogens is 1. The van der Waals surface area contributed by atoms with Gasteiger partial charge in [0.15, 0.2) is 0 Å². The van der Waals surface area contributed by atoms with Crippen LogP contribution in [0.1, 0.15) is 56.8 Å². The van der Waals surface area contributed by atoms with Crippen molar-refractivity contribution in [2.24, 2.45) is 35.0 Å². The van der Waals surface area contributed by atoms with E-state index in [4.69, 9.17) is 14.2 Å². The van der Waals surface area contributed by atoms with E-state index >= 15 is 0 Å². The van der Waals surface area contributed by atoms with E-state index in [1.165, 1.54) is 12.1 Å². The van der Waals surface area contributed by atoms with Gasteiger partial charge in [0.2, 0.25) is 0 Å². The molecule has 0 saturated heterocycles. The minimum atomic E-state index is -4.11. The number of methoxy groups -OCH3 is 2. The molecule has 9 nitrogen and oxygen atoms in total. The number of fused-ring (bicyclic) bond motifs is 5. The van der Waals surface area contributed by atoms with Crippen LogP contribution in [0.3, 0.4) is 0 Å². The number of benzene rings is 2. The topological polar surface area (TPSA) is 131 Å². The number of sulfonamides is 1. The van der Waals surface area contributed by atoms with Crippen molar-refractivity contribution in [3.05, 3.63) is 59.9 Å². The van der Waals surface area contributed by atoms with E-state index in [0.29, 0.717) is 19.3 Å². The zero-order valence-corrected chi connectivity index (χ0v) is 26.5. The Bertz CT molecular complexity index is 1540. The average Bonchev–Trinajstić information content (AvgIpc) is 3.44. The minimum Gasteiger partial charge on any atom is -0.459 e. The molecule has 0 aromatic heterocycles. The lowest BCUT2D eigenvalue weighted by atomic mass is 9.48. The number of nitrogens with one attached hydrogen (secondary N) is 1. The van der Waals surface area contributed by atoms with E-state index in [2.05, 4.69) is 18.6 Å². The molecular weight excluding hydrogens is 589 g/mol. The van der Waals surface area contributed by atoms with Gasteiger partial charge >= 0.3 is 5.97 Å². The number of ether oxygens (including phenoxy) is 3. The monoisotopic (exact) mass is 631 g/mol. The number of carbonyl (C=O) groups is 1. The van der Waals surface area contributed by atoms with Crippen molar-refractivity contribution in [1.29, 1.82) is 0 Å². The predicted molar refractivity (Wildman–Crippen MR) is 160 cm³/mol. The molecule has 4 aliphatic carbocycles. The number of rotatable bonds is 9. The van der Waals surface area contributed by atoms with Crippen molar-refractivity contribution in [3.8, 4) is 0 Å². The van der Waals surface area contributed by atoms with Crippen LogP contribution in [0.15, 0.2) is 53.4 Å². The van der Waals surface area contributed by atoms with Crippen LogP contribution in [-0.2, 0) is 24.2 Å². The molecule has 3 N–H and O–H groups in total. The standard InChI is InChI=1S/C33H42FNO8S/c1-6-23-25-16-24(31(23,3)28-15-22-27(41-4)17-32(25,37)33(28,38)29(22)42-5)18(2)43-30(36)21-9-7-8-10-26(21)35-44(39,40)20-13-11-19(34)12-14-20/h7-14,18,22-25,27-29,35,37-38H,6,15-17H2,1-5H3/t18-,22?,23+,24?,25?,27-,28?,29-,31?,32+,33+/m0/s1. The van der Waals surface area contributed by atoms with Gasteiger partial charge in [0.1, 0.15) is 23.1 Å². The number of anilines is 1. The first-order valence-corrected chi connectivity index (χ1v) is 16.8. The van der Waals surface area contributed by atoms with Crippen molar-refractivity contribution >= 4 is 21.7 Å². The molecule has 4 bridgehead atoms. The third kappa shape index (κ3) is 4.22. The lowest BCUT2D eigenvalue weighted by molar-refractivity contribution is -0.308. The van der Waals surface area contributed by atoms with E-state index < -0.39 is 50.6 Å². The Morgan fingerprint density at radius 2 is 1.77 bits per heavy atom. The fourth-order valence-corrected chi connectivity index (χ4v) is 11.2. The highest BCUT2D eigenvalue weighted by Gasteiger charge is 2.82. The van der Waals surface area contributed by atoms with Crippen molar-refractivity contribution in [2.75, 3.05) is 18.9 Å². The Hall–Kier alpha value is -2.57. The molecule has 0 heterocycles. The molecule has 0 radical (unpaired) electrons. The summed E-state index contributed by atoms with van der Waals surface area (Å²) in [4.78, 5) is 13.5. The third-order valence-electron chi connectivity index (χ3n) is 11.9. The summed E-state index contributed by atoms with van der Waals surface area (Å²) in [5.74, 6) is -1.99. The zero-order valence-electron chi connectivity index (χ0n) is 25.7. The summed E-state index contributed by atoms with van der Waals surface area (Å²) in [7, 11) is -0.883. The second-order valence-electron chi connectivity index (χ2n) is 13.4. The summed E-state index contributed by atoms with van der Waals surface area (Å²) in [5.41, 5.74) is -3.27. The molecule has 44 heavy (non-hydrogen) atoms. The average molecular weight is 632 g/mol. The Morgan fingerprint density at radius 1 is 1.09 bits per heavy atom. The number of hydrogen-bond acceptors (Lipinski definition) is 8. The Labute approximate surface area is 258 Å². The lowest BCUT2D eigenvalue weighted by Gasteiger charge is -2.62. The molecule has 0 aliphatic heterocycles. The van der Waals surface area contributed by atoms with Gasteiger partial charge in [0.25, 0.3) is 10.0 Å². The summed E-state index contributed by atoms with van der Waals surface area (Å²) in [6.45, 7) is 6.11. The Morgan fingerprint density at radius 3 is 2.41 bits per heavy atom. The number of aliphatic hydroxyl groups is 2. The van der Waals surface area contributed by atoms with Crippen molar-refractivity contribution in [1.82, 2.24) is 0 Å². The first-order chi connectivity index (χ1) is 20.8. The van der Waals surface area contributed by atoms with E-state index in [1.807, 2.05) is 6.92 Å². The van der Waals surface area contributed by atoms with Gasteiger partial charge in [-0.1, -0.05) is 32.4 Å². The zero-order chi connectivity index (χ0) is 31.8. The summed E-state index contributed by atoms with van der Waals surface area (Å²) in [5, 5.41) is 24.9. The largest absolute Gasteiger partial charge is 0.459 e. The van der Waals surface area contributed by atoms with Gasteiger partial charge in [-0.3, -0.25) is 4.72 Å². The number of carbonyl (C=O) groups excluding carboxylic acids is 1. The third-order valence-corrected chi connectivity index (χ3v) is 13.3. The van der Waals surface area contributed by atoms with Crippen LogP contribution in [0.4, 0.5) is 10.1 Å². The van der Waals surface area contributed by atoms with E-state index in [9.17, 15) is 27.8 Å². The minimum absolute atomic E-state index is 0.0423. The second-order valence-corrected chi connectivity index (χ2v) is 15.1. The van der Waals surface area contributed by atoms with Gasteiger partial charge in [-0.2, -0.15) is 0 Å². The van der Waals surface area contributed by atoms with Gasteiger partial charge in [-0.05, 0) is 79.3 Å². The van der Waals surface area contributed by atoms with Gasteiger partial charge in [-0.25, -0.2) is 17.6 Å². The van der Waals surface area contributed by atoms with Gasteiger partial charge in [-0.15, -0.1) is 0 Å². The maximum absolute atomic E-state index is 13.7. The first kappa shape index (κ1) is 31.4. The summed E-state index contributed by atoms with van der Waals surface area (Å²) < 4.78 is 59.8. The second kappa shape index (κ2) is 10.8. The highest BCUT2D eigenvalue weighted by molar-refractivity contribution is 7.92. The summed E-state index contributed by atoms with van der Waals surface area (Å²) >= 11 is 0. The van der Waals surface area contributed by atoms with Crippen LogP contribution in [0.5, 0.6) is 0 Å². The summed E-state index contributed by atoms with van der Waals surface area (Å²) in [6, 6.07) is 10.6. The van der Waals surface area contributed by atoms with Gasteiger partial charge < -0.3 is 24.4 Å². The van der Waals surface area contributed by atoms with Gasteiger partial charge in [0.05, 0.1) is 28.4 Å². The maximum Gasteiger partial charge on any atom is 0.340 e. The van der Waals surface area contributed by atoms with E-state index in [1.54, 1.807) is 26.4 Å². The fraction of sp³-hybridized carbons (Fsp3) is 0.606. The smallest absolute Gasteiger partial charge is 0.340 e. The van der Waals surface area contributed by atoms with Crippen molar-refractivity contribution in [2.45, 2.75) is 80.9 Å². The molecule has 2 aromatic carbocycles. The Balaban J connectivity index is 1.29. The fourth-order valence-electron chi connectivity index (χ4n) is 10.2. The molecule has 0 amide bonds. The molecule has 5 unspecified atom stereocenters. The van der Waals surface area contributed by atoms with Crippen LogP contribution in [-0.4, -0.2) is 68.3 Å². The molecule has 2 aromatic rings. The molecule has 0 spiro atoms. The first-order valence-electron chi connectivity index (χ1n) is 15.4. The maximum atomic E-state index is 13.7. The molecule has 6 rings (SSSR count). The van der Waals surface area contributed by atoms with Crippen LogP contribution >= 0.6 is 0 Å².